The van der Waals surface area contributed by atoms with Crippen LogP contribution in [-0.2, 0) is 6.61 Å². The van der Waals surface area contributed by atoms with E-state index in [1.165, 1.54) is 0 Å². The van der Waals surface area contributed by atoms with Crippen molar-refractivity contribution in [3.8, 4) is 16.9 Å². The largest absolute Gasteiger partial charge is 0.487 e. The average molecular weight is 488 g/mol. The Hall–Kier alpha value is -4.64. The minimum absolute atomic E-state index is 0.0378. The van der Waals surface area contributed by atoms with Crippen molar-refractivity contribution in [2.24, 2.45) is 0 Å². The number of pyridine rings is 1. The molecule has 182 valence electrons. The first-order valence-electron chi connectivity index (χ1n) is 12.4. The number of benzene rings is 3. The number of carbonyl (C=O) groups is 2. The molecule has 0 unspecified atom stereocenters. The summed E-state index contributed by atoms with van der Waals surface area (Å²) in [5, 5.41) is 10.4. The molecular weight excluding hydrogens is 462 g/mol. The summed E-state index contributed by atoms with van der Waals surface area (Å²) in [7, 11) is 0. The number of rotatable bonds is 8. The van der Waals surface area contributed by atoms with E-state index in [0.717, 1.165) is 29.5 Å². The lowest BCUT2D eigenvalue weighted by atomic mass is 9.93. The van der Waals surface area contributed by atoms with Crippen LogP contribution in [0.1, 0.15) is 56.3 Å². The Morgan fingerprint density at radius 2 is 1.51 bits per heavy atom. The van der Waals surface area contributed by atoms with Gasteiger partial charge in [-0.05, 0) is 47.6 Å². The number of nitrogens with zero attached hydrogens (tertiary/aromatic N) is 1. The fourth-order valence-electron chi connectivity index (χ4n) is 5.04. The fourth-order valence-corrected chi connectivity index (χ4v) is 5.04. The van der Waals surface area contributed by atoms with Gasteiger partial charge in [-0.3, -0.25) is 4.79 Å². The zero-order chi connectivity index (χ0) is 25.4. The highest BCUT2D eigenvalue weighted by Crippen LogP contribution is 2.47. The molecule has 0 aliphatic heterocycles. The van der Waals surface area contributed by atoms with Gasteiger partial charge in [0.15, 0.2) is 0 Å². The van der Waals surface area contributed by atoms with E-state index in [9.17, 15) is 14.7 Å². The van der Waals surface area contributed by atoms with Crippen LogP contribution < -0.4 is 4.74 Å². The van der Waals surface area contributed by atoms with Crippen LogP contribution in [0.25, 0.3) is 16.6 Å². The molecular formula is C32H25NO4. The van der Waals surface area contributed by atoms with Crippen LogP contribution in [0.2, 0.25) is 0 Å². The number of aromatic carboxylic acids is 1. The summed E-state index contributed by atoms with van der Waals surface area (Å²) >= 11 is 0. The first-order valence-corrected chi connectivity index (χ1v) is 12.4. The summed E-state index contributed by atoms with van der Waals surface area (Å²) in [6.45, 7) is 0.295. The lowest BCUT2D eigenvalue weighted by Crippen LogP contribution is -2.10. The van der Waals surface area contributed by atoms with Crippen LogP contribution in [0.3, 0.4) is 0 Å². The van der Waals surface area contributed by atoms with Gasteiger partial charge in [0.1, 0.15) is 17.9 Å². The maximum atomic E-state index is 14.3. The first-order chi connectivity index (χ1) is 18.1. The number of hydrogen-bond donors (Lipinski definition) is 1. The van der Waals surface area contributed by atoms with E-state index in [2.05, 4.69) is 0 Å². The summed E-state index contributed by atoms with van der Waals surface area (Å²) < 4.78 is 7.87. The third-order valence-electron chi connectivity index (χ3n) is 6.87. The fraction of sp³-hybridized carbons (Fsp3) is 0.125. The molecule has 5 nitrogen and oxygen atoms in total. The molecule has 37 heavy (non-hydrogen) atoms. The number of carbonyl (C=O) groups excluding carboxylic acids is 1. The molecule has 5 aromatic rings. The minimum Gasteiger partial charge on any atom is -0.487 e. The highest BCUT2D eigenvalue weighted by atomic mass is 16.5. The Bertz CT molecular complexity index is 1620. The molecule has 0 saturated heterocycles. The number of ketones is 1. The van der Waals surface area contributed by atoms with Crippen molar-refractivity contribution >= 4 is 17.3 Å². The maximum Gasteiger partial charge on any atom is 0.338 e. The maximum absolute atomic E-state index is 14.3. The third-order valence-corrected chi connectivity index (χ3v) is 6.87. The number of carboxylic acids is 1. The summed E-state index contributed by atoms with van der Waals surface area (Å²) in [5.41, 5.74) is 4.87. The van der Waals surface area contributed by atoms with Gasteiger partial charge in [-0.1, -0.05) is 84.9 Å². The first kappa shape index (κ1) is 22.8. The molecule has 1 aliphatic carbocycles. The van der Waals surface area contributed by atoms with Crippen molar-refractivity contribution in [1.82, 2.24) is 4.40 Å². The summed E-state index contributed by atoms with van der Waals surface area (Å²) in [5.74, 6) is -0.758. The molecule has 0 spiro atoms. The Balaban J connectivity index is 1.54. The Kier molecular flexibility index (Phi) is 5.81. The molecule has 2 aromatic heterocycles. The quantitative estimate of drug-likeness (QED) is 0.240. The number of carboxylic acid groups (broad SMARTS) is 1. The lowest BCUT2D eigenvalue weighted by Gasteiger charge is -2.12. The normalized spacial score (nSPS) is 13.0. The summed E-state index contributed by atoms with van der Waals surface area (Å²) in [6.07, 6.45) is 3.48. The standard InChI is InChI=1S/C32H25NO4/c34-31(25-15-8-7-14-24(25)22-12-5-2-6-13-22)30-27(23-17-18-23)28(32(35)36)29-26(16-9-19-33(29)30)37-20-21-10-3-1-4-11-21/h1-16,19,23H,17-18,20H2,(H,35,36). The predicted molar refractivity (Wildman–Crippen MR) is 142 cm³/mol. The smallest absolute Gasteiger partial charge is 0.338 e. The van der Waals surface area contributed by atoms with Gasteiger partial charge in [-0.15, -0.1) is 0 Å². The van der Waals surface area contributed by atoms with Crippen LogP contribution >= 0.6 is 0 Å². The molecule has 6 rings (SSSR count). The Morgan fingerprint density at radius 1 is 0.838 bits per heavy atom. The van der Waals surface area contributed by atoms with Crippen LogP contribution in [-0.4, -0.2) is 21.3 Å². The Morgan fingerprint density at radius 3 is 2.22 bits per heavy atom. The zero-order valence-electron chi connectivity index (χ0n) is 20.1. The molecule has 0 bridgehead atoms. The number of aromatic nitrogens is 1. The van der Waals surface area contributed by atoms with E-state index >= 15 is 0 Å². The number of hydrogen-bond acceptors (Lipinski definition) is 3. The van der Waals surface area contributed by atoms with Gasteiger partial charge in [-0.2, -0.15) is 0 Å². The van der Waals surface area contributed by atoms with Crippen molar-refractivity contribution in [2.45, 2.75) is 25.4 Å². The molecule has 1 N–H and O–H groups in total. The van der Waals surface area contributed by atoms with Gasteiger partial charge in [0.2, 0.25) is 5.78 Å². The molecule has 0 atom stereocenters. The molecule has 0 radical (unpaired) electrons. The highest BCUT2D eigenvalue weighted by Gasteiger charge is 2.38. The second-order valence-electron chi connectivity index (χ2n) is 9.32. The second-order valence-corrected chi connectivity index (χ2v) is 9.32. The van der Waals surface area contributed by atoms with Crippen molar-refractivity contribution in [1.29, 1.82) is 0 Å². The number of fused-ring (bicyclic) bond motifs is 1. The van der Waals surface area contributed by atoms with E-state index in [1.807, 2.05) is 84.9 Å². The van der Waals surface area contributed by atoms with E-state index in [4.69, 9.17) is 4.74 Å². The van der Waals surface area contributed by atoms with Crippen LogP contribution in [0.15, 0.2) is 103 Å². The molecule has 3 aromatic carbocycles. The summed E-state index contributed by atoms with van der Waals surface area (Å²) in [4.78, 5) is 27.0. The van der Waals surface area contributed by atoms with Crippen molar-refractivity contribution in [3.63, 3.8) is 0 Å². The second kappa shape index (κ2) is 9.43. The monoisotopic (exact) mass is 487 g/mol. The molecule has 1 aliphatic rings. The SMILES string of the molecule is O=C(O)c1c(C2CC2)c(C(=O)c2ccccc2-c2ccccc2)n2cccc(OCc3ccccc3)c12. The van der Waals surface area contributed by atoms with Gasteiger partial charge < -0.3 is 14.2 Å². The van der Waals surface area contributed by atoms with Gasteiger partial charge >= 0.3 is 5.97 Å². The van der Waals surface area contributed by atoms with Gasteiger partial charge in [-0.25, -0.2) is 4.79 Å². The molecule has 1 saturated carbocycles. The molecule has 5 heteroatoms. The van der Waals surface area contributed by atoms with Crippen LogP contribution in [0.4, 0.5) is 0 Å². The molecule has 0 amide bonds. The third kappa shape index (κ3) is 4.19. The minimum atomic E-state index is -1.05. The topological polar surface area (TPSA) is 68.0 Å². The van der Waals surface area contributed by atoms with Crippen molar-refractivity contribution in [3.05, 3.63) is 131 Å². The zero-order valence-corrected chi connectivity index (χ0v) is 20.1. The van der Waals surface area contributed by atoms with Crippen molar-refractivity contribution in [2.75, 3.05) is 0 Å². The van der Waals surface area contributed by atoms with E-state index in [-0.39, 0.29) is 17.3 Å². The van der Waals surface area contributed by atoms with Gasteiger partial charge in [0, 0.05) is 17.3 Å². The van der Waals surface area contributed by atoms with E-state index in [1.54, 1.807) is 22.7 Å². The summed E-state index contributed by atoms with van der Waals surface area (Å²) in [6, 6.07) is 30.6. The van der Waals surface area contributed by atoms with E-state index < -0.39 is 5.97 Å². The number of ether oxygens (including phenoxy) is 1. The van der Waals surface area contributed by atoms with Crippen molar-refractivity contribution < 1.29 is 19.4 Å². The average Bonchev–Trinajstić information content (AvgIpc) is 3.72. The van der Waals surface area contributed by atoms with Crippen LogP contribution in [0, 0.1) is 0 Å². The lowest BCUT2D eigenvalue weighted by molar-refractivity contribution is 0.0697. The van der Waals surface area contributed by atoms with Crippen LogP contribution in [0.5, 0.6) is 5.75 Å². The molecule has 1 fully saturated rings. The molecule has 2 heterocycles. The van der Waals surface area contributed by atoms with Gasteiger partial charge in [0.05, 0.1) is 11.3 Å². The van der Waals surface area contributed by atoms with E-state index in [0.29, 0.717) is 34.7 Å². The predicted octanol–water partition coefficient (Wildman–Crippen LogP) is 6.99. The highest BCUT2D eigenvalue weighted by molar-refractivity contribution is 6.16. The Labute approximate surface area is 214 Å². The van der Waals surface area contributed by atoms with Gasteiger partial charge in [0.25, 0.3) is 0 Å².